The van der Waals surface area contributed by atoms with Crippen molar-refractivity contribution in [3.05, 3.63) is 180 Å². The molecule has 0 amide bonds. The van der Waals surface area contributed by atoms with Gasteiger partial charge in [-0.2, -0.15) is 0 Å². The third-order valence-corrected chi connectivity index (χ3v) is 25.8. The molecule has 8 bridgehead atoms. The number of fused-ring (bicyclic) bond motifs is 22. The van der Waals surface area contributed by atoms with Crippen molar-refractivity contribution in [3.8, 4) is 68.0 Å². The normalized spacial score (nSPS) is 13.6. The van der Waals surface area contributed by atoms with Gasteiger partial charge in [0, 0.05) is 91.5 Å². The lowest BCUT2D eigenvalue weighted by Gasteiger charge is -2.28. The Labute approximate surface area is 710 Å². The first kappa shape index (κ1) is 87.0. The highest BCUT2D eigenvalue weighted by atomic mass is 16.7. The van der Waals surface area contributed by atoms with Gasteiger partial charge in [-0.05, 0) is 114 Å². The van der Waals surface area contributed by atoms with Crippen LogP contribution in [0.4, 0.5) is 0 Å². The number of ether oxygens (including phenoxy) is 4. The highest BCUT2D eigenvalue weighted by Crippen LogP contribution is 2.53. The van der Waals surface area contributed by atoms with Gasteiger partial charge in [0.2, 0.25) is 0 Å². The second-order valence-corrected chi connectivity index (χ2v) is 35.3. The number of nitrogens with zero attached hydrogens (tertiary/aromatic N) is 2. The maximum absolute atomic E-state index is 7.43. The average molecular weight is 1580 g/mol. The van der Waals surface area contributed by atoms with Gasteiger partial charge in [-0.25, -0.2) is 9.97 Å². The number of benzene rings is 6. The smallest absolute Gasteiger partial charge is 0.251 e. The van der Waals surface area contributed by atoms with E-state index in [2.05, 4.69) is 209 Å². The Hall–Kier alpha value is -8.88. The predicted octanol–water partition coefficient (Wildman–Crippen LogP) is 34.7. The molecule has 0 spiro atoms. The number of hydrogen-bond acceptors (Lipinski definition) is 6. The van der Waals surface area contributed by atoms with Crippen LogP contribution in [0, 0.1) is 0 Å². The fraction of sp³-hybridized carbons (Fsp3) is 0.491. The van der Waals surface area contributed by atoms with E-state index in [0.717, 1.165) is 196 Å². The van der Waals surface area contributed by atoms with Crippen LogP contribution >= 0.6 is 0 Å². The van der Waals surface area contributed by atoms with Crippen LogP contribution in [0.5, 0.6) is 23.0 Å². The van der Waals surface area contributed by atoms with Gasteiger partial charge in [0.05, 0.1) is 22.8 Å². The highest BCUT2D eigenvalue weighted by Gasteiger charge is 2.44. The third-order valence-electron chi connectivity index (χ3n) is 25.8. The van der Waals surface area contributed by atoms with Gasteiger partial charge in [-0.1, -0.05) is 413 Å². The Balaban J connectivity index is 0.897. The van der Waals surface area contributed by atoms with Crippen molar-refractivity contribution in [3.63, 3.8) is 0 Å². The van der Waals surface area contributed by atoms with Crippen molar-refractivity contribution in [2.45, 2.75) is 347 Å². The van der Waals surface area contributed by atoms with Crippen LogP contribution in [-0.4, -0.2) is 31.5 Å². The molecule has 6 aromatic carbocycles. The Kier molecular flexibility index (Phi) is 33.5. The summed E-state index contributed by atoms with van der Waals surface area (Å²) in [6, 6.07) is 48.9. The molecular weight excluding hydrogens is 1440 g/mol. The molecule has 626 valence electrons. The summed E-state index contributed by atoms with van der Waals surface area (Å²) in [5, 5.41) is 4.37. The molecule has 118 heavy (non-hydrogen) atoms. The fourth-order valence-corrected chi connectivity index (χ4v) is 18.7. The zero-order valence-electron chi connectivity index (χ0n) is 73.0. The van der Waals surface area contributed by atoms with Crippen LogP contribution in [0.3, 0.4) is 0 Å². The summed E-state index contributed by atoms with van der Waals surface area (Å²) in [4.78, 5) is 19.7. The maximum Gasteiger partial charge on any atom is 0.251 e. The van der Waals surface area contributed by atoms with Crippen LogP contribution in [0.15, 0.2) is 147 Å². The molecule has 0 saturated heterocycles. The van der Waals surface area contributed by atoms with E-state index < -0.39 is 11.6 Å². The van der Waals surface area contributed by atoms with Crippen LogP contribution < -0.4 is 18.9 Å². The minimum atomic E-state index is -0.739. The first-order chi connectivity index (χ1) is 58.2. The number of unbranched alkanes of at least 4 members (excludes halogenated alkanes) is 40. The lowest BCUT2D eigenvalue weighted by atomic mass is 9.98. The van der Waals surface area contributed by atoms with Gasteiger partial charge in [0.25, 0.3) is 11.6 Å². The lowest BCUT2D eigenvalue weighted by molar-refractivity contribution is -0.0953. The van der Waals surface area contributed by atoms with E-state index in [-0.39, 0.29) is 0 Å². The molecule has 8 heteroatoms. The molecule has 7 heterocycles. The molecule has 4 aliphatic heterocycles. The van der Waals surface area contributed by atoms with E-state index in [4.69, 9.17) is 28.9 Å². The highest BCUT2D eigenvalue weighted by molar-refractivity contribution is 6.13. The molecule has 0 atom stereocenters. The number of hydrogen-bond donors (Lipinski definition) is 2. The van der Waals surface area contributed by atoms with E-state index in [1.54, 1.807) is 0 Å². The Morgan fingerprint density at radius 3 is 0.898 bits per heavy atom. The van der Waals surface area contributed by atoms with Crippen LogP contribution in [0.25, 0.3) is 125 Å². The third kappa shape index (κ3) is 24.0. The van der Waals surface area contributed by atoms with Crippen LogP contribution in [0.2, 0.25) is 0 Å². The largest absolute Gasteiger partial charge is 0.448 e. The molecule has 3 aromatic heterocycles. The van der Waals surface area contributed by atoms with Gasteiger partial charge in [0.1, 0.15) is 0 Å². The number of H-pyrrole nitrogens is 2. The predicted molar refractivity (Wildman–Crippen MR) is 508 cm³/mol. The zero-order valence-corrected chi connectivity index (χ0v) is 73.0. The first-order valence-electron chi connectivity index (χ1n) is 47.7. The van der Waals surface area contributed by atoms with Crippen molar-refractivity contribution >= 4 is 80.1 Å². The van der Waals surface area contributed by atoms with E-state index >= 15 is 0 Å². The lowest BCUT2D eigenvalue weighted by Crippen LogP contribution is -2.38. The molecule has 0 unspecified atom stereocenters. The molecule has 9 aromatic rings. The van der Waals surface area contributed by atoms with E-state index in [9.17, 15) is 0 Å². The average Bonchev–Trinajstić information content (AvgIpc) is 1.58. The molecule has 0 fully saturated rings. The summed E-state index contributed by atoms with van der Waals surface area (Å²) in [6.45, 7) is 17.3. The Morgan fingerprint density at radius 1 is 0.271 bits per heavy atom. The van der Waals surface area contributed by atoms with Crippen LogP contribution in [0.1, 0.15) is 369 Å². The molecule has 2 N–H and O–H groups in total. The molecule has 8 nitrogen and oxygen atoms in total. The van der Waals surface area contributed by atoms with Gasteiger partial charge in [-0.3, -0.25) is 0 Å². The second-order valence-electron chi connectivity index (χ2n) is 35.3. The topological polar surface area (TPSA) is 94.3 Å². The number of aromatic amines is 2. The summed E-state index contributed by atoms with van der Waals surface area (Å²) in [5.41, 5.74) is 18.0. The standard InChI is InChI=1S/C110H142N4O4/c1-7-13-17-21-25-29-33-37-41-45-49-70-109(71-50-46-42-38-34-30-26-22-18-14-8-2)115-104-75-92-93(76-105(104)116-109)100-80-97-90-55-53-54-88(68-66-86-62-58-84(12-6)59-63-86)108(90)103(114-97)82-102-95-78-107-106(117-110(118-107,72-51-47-43-39-35-31-27-23-19-15-9-3)73-52-48-44-40-36-32-28-24-20-16-10-4)77-94(95)101(113-102)81-98-91-74-87(65-64-85-60-56-83(11-5)57-61-85)67-69-89(91)96(111-98)79-99(92)112-100/h11-12,53-69,74-82,111,114H,5-10,13-52,70-73H2,1-4H3/b65-64+,68-66+,96-79?,97-80?,98-81?,99-79?,100-80?,101-81?,102-82?,103-82?. The number of nitrogens with one attached hydrogen (secondary N) is 2. The SMILES string of the molecule is C=Cc1ccc(/C=C/c2ccc3c4cc5nc(cc6[nH]c(cc7nc(cc([nH]4)c3c2)-c2cc3c(cc2-7)OC(CCCCCCCCCCCCC)(CCCCCCCCCCCCC)O3)c2c(/C=C/c3ccc(C=C)cc3)cccc62)-c2cc3c(cc2-5)OC(CCCCCCCCCCCCC)(CCCCCCCCCCCCC)O3)cc1. The van der Waals surface area contributed by atoms with Gasteiger partial charge in [-0.15, -0.1) is 0 Å². The van der Waals surface area contributed by atoms with Gasteiger partial charge in [0.15, 0.2) is 23.0 Å². The minimum absolute atomic E-state index is 0.731. The Bertz CT molecular complexity index is 4860. The van der Waals surface area contributed by atoms with Crippen molar-refractivity contribution in [1.82, 2.24) is 19.9 Å². The van der Waals surface area contributed by atoms with E-state index in [1.165, 1.54) is 257 Å². The first-order valence-corrected chi connectivity index (χ1v) is 47.7. The summed E-state index contributed by atoms with van der Waals surface area (Å²) >= 11 is 0. The summed E-state index contributed by atoms with van der Waals surface area (Å²) < 4.78 is 29.7. The van der Waals surface area contributed by atoms with Crippen LogP contribution in [-0.2, 0) is 0 Å². The molecule has 4 aliphatic rings. The quantitative estimate of drug-likeness (QED) is 0.0291. The number of rotatable bonds is 54. The van der Waals surface area contributed by atoms with Gasteiger partial charge < -0.3 is 28.9 Å². The summed E-state index contributed by atoms with van der Waals surface area (Å²) in [7, 11) is 0. The maximum atomic E-state index is 7.43. The summed E-state index contributed by atoms with van der Waals surface area (Å²) in [5.74, 6) is 1.76. The molecule has 0 aliphatic carbocycles. The summed E-state index contributed by atoms with van der Waals surface area (Å²) in [6.07, 6.45) is 73.3. The van der Waals surface area contributed by atoms with E-state index in [0.29, 0.717) is 0 Å². The van der Waals surface area contributed by atoms with E-state index in [1.807, 2.05) is 12.2 Å². The molecule has 0 radical (unpaired) electrons. The molecule has 13 rings (SSSR count). The minimum Gasteiger partial charge on any atom is -0.448 e. The number of aromatic nitrogens is 4. The van der Waals surface area contributed by atoms with Gasteiger partial charge >= 0.3 is 0 Å². The molecular formula is C110H142N4O4. The second kappa shape index (κ2) is 45.5. The zero-order chi connectivity index (χ0) is 81.4. The van der Waals surface area contributed by atoms with Crippen molar-refractivity contribution in [2.24, 2.45) is 0 Å². The van der Waals surface area contributed by atoms with Crippen molar-refractivity contribution < 1.29 is 18.9 Å². The van der Waals surface area contributed by atoms with Crippen molar-refractivity contribution in [2.75, 3.05) is 0 Å². The van der Waals surface area contributed by atoms with Crippen molar-refractivity contribution in [1.29, 1.82) is 0 Å². The Morgan fingerprint density at radius 2 is 0.551 bits per heavy atom. The monoisotopic (exact) mass is 1580 g/mol. The fourth-order valence-electron chi connectivity index (χ4n) is 18.7. The molecule has 0 saturated carbocycles.